The number of aryl methyl sites for hydroxylation is 1. The van der Waals surface area contributed by atoms with Crippen LogP contribution >= 0.6 is 0 Å². The van der Waals surface area contributed by atoms with Crippen molar-refractivity contribution in [3.63, 3.8) is 0 Å². The van der Waals surface area contributed by atoms with Crippen LogP contribution in [0.5, 0.6) is 5.75 Å². The molecule has 1 saturated heterocycles. The molecule has 6 heteroatoms. The van der Waals surface area contributed by atoms with Crippen molar-refractivity contribution in [1.82, 2.24) is 4.90 Å². The second-order valence-electron chi connectivity index (χ2n) is 6.72. The molecule has 0 aromatic heterocycles. The Morgan fingerprint density at radius 2 is 1.79 bits per heavy atom. The molecule has 2 amide bonds. The molecule has 28 heavy (non-hydrogen) atoms. The lowest BCUT2D eigenvalue weighted by Crippen LogP contribution is -2.41. The van der Waals surface area contributed by atoms with Gasteiger partial charge in [0, 0.05) is 13.1 Å². The van der Waals surface area contributed by atoms with Crippen molar-refractivity contribution in [3.8, 4) is 5.75 Å². The summed E-state index contributed by atoms with van der Waals surface area (Å²) in [7, 11) is 0. The highest BCUT2D eigenvalue weighted by atomic mass is 16.5. The lowest BCUT2D eigenvalue weighted by molar-refractivity contribution is -0.122. The zero-order chi connectivity index (χ0) is 19.9. The Kier molecular flexibility index (Phi) is 6.66. The minimum Gasteiger partial charge on any atom is -0.480 e. The fourth-order valence-corrected chi connectivity index (χ4v) is 3.09. The average molecular weight is 382 g/mol. The number of morpholine rings is 1. The normalized spacial score (nSPS) is 15.0. The van der Waals surface area contributed by atoms with Gasteiger partial charge in [-0.3, -0.25) is 9.59 Å². The molecule has 0 radical (unpaired) electrons. The van der Waals surface area contributed by atoms with E-state index >= 15 is 0 Å². The van der Waals surface area contributed by atoms with Gasteiger partial charge < -0.3 is 19.7 Å². The summed E-state index contributed by atoms with van der Waals surface area (Å²) in [5.41, 5.74) is 1.94. The first-order chi connectivity index (χ1) is 13.6. The number of carbonyl (C=O) groups is 2. The summed E-state index contributed by atoms with van der Waals surface area (Å²) in [6.45, 7) is 6.00. The summed E-state index contributed by atoms with van der Waals surface area (Å²) in [6, 6.07) is 14.7. The number of benzene rings is 2. The van der Waals surface area contributed by atoms with Gasteiger partial charge in [-0.2, -0.15) is 0 Å². The second-order valence-corrected chi connectivity index (χ2v) is 6.72. The maximum atomic E-state index is 12.9. The Bertz CT molecular complexity index is 831. The molecule has 1 aliphatic heterocycles. The van der Waals surface area contributed by atoms with Crippen molar-refractivity contribution in [1.29, 1.82) is 0 Å². The first-order valence-corrected chi connectivity index (χ1v) is 9.59. The topological polar surface area (TPSA) is 67.9 Å². The van der Waals surface area contributed by atoms with Crippen molar-refractivity contribution in [2.24, 2.45) is 0 Å². The van der Waals surface area contributed by atoms with Crippen LogP contribution in [0.1, 0.15) is 29.3 Å². The van der Waals surface area contributed by atoms with E-state index in [1.165, 1.54) is 0 Å². The summed E-state index contributed by atoms with van der Waals surface area (Å²) in [4.78, 5) is 27.4. The number of rotatable bonds is 6. The predicted molar refractivity (Wildman–Crippen MR) is 108 cm³/mol. The van der Waals surface area contributed by atoms with Crippen LogP contribution in [0.3, 0.4) is 0 Å². The molecule has 6 nitrogen and oxygen atoms in total. The summed E-state index contributed by atoms with van der Waals surface area (Å²) in [6.07, 6.45) is -0.132. The maximum absolute atomic E-state index is 12.9. The summed E-state index contributed by atoms with van der Waals surface area (Å²) >= 11 is 0. The molecule has 1 N–H and O–H groups in total. The number of nitrogens with zero attached hydrogens (tertiary/aromatic N) is 1. The molecular weight excluding hydrogens is 356 g/mol. The third-order valence-electron chi connectivity index (χ3n) is 4.74. The van der Waals surface area contributed by atoms with E-state index < -0.39 is 6.10 Å². The van der Waals surface area contributed by atoms with E-state index in [1.54, 1.807) is 29.2 Å². The highest BCUT2D eigenvalue weighted by Crippen LogP contribution is 2.22. The van der Waals surface area contributed by atoms with E-state index in [1.807, 2.05) is 38.1 Å². The molecule has 148 valence electrons. The molecule has 0 spiro atoms. The number of anilines is 1. The number of ether oxygens (including phenoxy) is 2. The minimum atomic E-state index is -0.646. The smallest absolute Gasteiger partial charge is 0.265 e. The molecule has 0 bridgehead atoms. The quantitative estimate of drug-likeness (QED) is 0.833. The van der Waals surface area contributed by atoms with Crippen LogP contribution in [-0.4, -0.2) is 49.1 Å². The molecule has 0 unspecified atom stereocenters. The Labute approximate surface area is 165 Å². The van der Waals surface area contributed by atoms with E-state index in [9.17, 15) is 9.59 Å². The average Bonchev–Trinajstić information content (AvgIpc) is 2.73. The van der Waals surface area contributed by atoms with Crippen LogP contribution < -0.4 is 10.1 Å². The number of amides is 2. The molecule has 0 aliphatic carbocycles. The van der Waals surface area contributed by atoms with Crippen LogP contribution in [0.2, 0.25) is 0 Å². The van der Waals surface area contributed by atoms with Crippen molar-refractivity contribution in [2.75, 3.05) is 31.6 Å². The standard InChI is InChI=1S/C22H26N2O4/c1-3-19(28-20-11-7-4-8-16(20)2)21(25)23-18-10-6-5-9-17(18)22(26)24-12-14-27-15-13-24/h4-11,19H,3,12-15H2,1-2H3,(H,23,25)/t19-/m1/s1. The van der Waals surface area contributed by atoms with Gasteiger partial charge in [-0.05, 0) is 37.1 Å². The molecule has 1 atom stereocenters. The highest BCUT2D eigenvalue weighted by Gasteiger charge is 2.24. The predicted octanol–water partition coefficient (Wildman–Crippen LogP) is 3.26. The molecule has 2 aromatic rings. The van der Waals surface area contributed by atoms with Crippen LogP contribution in [0, 0.1) is 6.92 Å². The maximum Gasteiger partial charge on any atom is 0.265 e. The van der Waals surface area contributed by atoms with Crippen LogP contribution in [-0.2, 0) is 9.53 Å². The Morgan fingerprint density at radius 3 is 2.50 bits per heavy atom. The molecular formula is C22H26N2O4. The van der Waals surface area contributed by atoms with Crippen molar-refractivity contribution in [2.45, 2.75) is 26.4 Å². The Balaban J connectivity index is 1.74. The van der Waals surface area contributed by atoms with Crippen molar-refractivity contribution < 1.29 is 19.1 Å². The van der Waals surface area contributed by atoms with E-state index in [0.29, 0.717) is 49.7 Å². The zero-order valence-corrected chi connectivity index (χ0v) is 16.3. The summed E-state index contributed by atoms with van der Waals surface area (Å²) in [5, 5.41) is 2.88. The van der Waals surface area contributed by atoms with Gasteiger partial charge in [0.05, 0.1) is 24.5 Å². The van der Waals surface area contributed by atoms with Crippen LogP contribution in [0.15, 0.2) is 48.5 Å². The molecule has 1 aliphatic rings. The third kappa shape index (κ3) is 4.70. The van der Waals surface area contributed by atoms with Crippen LogP contribution in [0.4, 0.5) is 5.69 Å². The van der Waals surface area contributed by atoms with Gasteiger partial charge in [-0.15, -0.1) is 0 Å². The lowest BCUT2D eigenvalue weighted by atomic mass is 10.1. The number of hydrogen-bond acceptors (Lipinski definition) is 4. The van der Waals surface area contributed by atoms with E-state index in [0.717, 1.165) is 5.56 Å². The SMILES string of the molecule is CC[C@@H](Oc1ccccc1C)C(=O)Nc1ccccc1C(=O)N1CCOCC1. The van der Waals surface area contributed by atoms with Gasteiger partial charge in [0.25, 0.3) is 11.8 Å². The number of hydrogen-bond donors (Lipinski definition) is 1. The number of carbonyl (C=O) groups excluding carboxylic acids is 2. The molecule has 1 fully saturated rings. The third-order valence-corrected chi connectivity index (χ3v) is 4.74. The lowest BCUT2D eigenvalue weighted by Gasteiger charge is -2.27. The molecule has 3 rings (SSSR count). The Hall–Kier alpha value is -2.86. The summed E-state index contributed by atoms with van der Waals surface area (Å²) in [5.74, 6) is 0.308. The number of nitrogens with one attached hydrogen (secondary N) is 1. The van der Waals surface area contributed by atoms with Crippen molar-refractivity contribution in [3.05, 3.63) is 59.7 Å². The zero-order valence-electron chi connectivity index (χ0n) is 16.3. The number of para-hydroxylation sites is 2. The van der Waals surface area contributed by atoms with E-state index in [-0.39, 0.29) is 11.8 Å². The van der Waals surface area contributed by atoms with Gasteiger partial charge in [-0.25, -0.2) is 0 Å². The Morgan fingerprint density at radius 1 is 1.11 bits per heavy atom. The van der Waals surface area contributed by atoms with Gasteiger partial charge in [0.2, 0.25) is 0 Å². The van der Waals surface area contributed by atoms with Crippen LogP contribution in [0.25, 0.3) is 0 Å². The van der Waals surface area contributed by atoms with Gasteiger partial charge in [-0.1, -0.05) is 37.3 Å². The molecule has 0 saturated carbocycles. The highest BCUT2D eigenvalue weighted by molar-refractivity contribution is 6.04. The first kappa shape index (κ1) is 19.9. The monoisotopic (exact) mass is 382 g/mol. The van der Waals surface area contributed by atoms with Crippen molar-refractivity contribution >= 4 is 17.5 Å². The van der Waals surface area contributed by atoms with E-state index in [2.05, 4.69) is 5.32 Å². The van der Waals surface area contributed by atoms with Gasteiger partial charge >= 0.3 is 0 Å². The largest absolute Gasteiger partial charge is 0.480 e. The fraction of sp³-hybridized carbons (Fsp3) is 0.364. The molecule has 1 heterocycles. The van der Waals surface area contributed by atoms with E-state index in [4.69, 9.17) is 9.47 Å². The first-order valence-electron chi connectivity index (χ1n) is 9.59. The van der Waals surface area contributed by atoms with Gasteiger partial charge in [0.15, 0.2) is 6.10 Å². The summed E-state index contributed by atoms with van der Waals surface area (Å²) < 4.78 is 11.2. The van der Waals surface area contributed by atoms with Gasteiger partial charge in [0.1, 0.15) is 5.75 Å². The molecule has 2 aromatic carbocycles. The minimum absolute atomic E-state index is 0.105. The fourth-order valence-electron chi connectivity index (χ4n) is 3.09. The second kappa shape index (κ2) is 9.37.